The van der Waals surface area contributed by atoms with E-state index in [0.29, 0.717) is 61.0 Å². The number of rotatable bonds is 13. The molecule has 2 unspecified atom stereocenters. The lowest BCUT2D eigenvalue weighted by Gasteiger charge is -2.17. The highest BCUT2D eigenvalue weighted by molar-refractivity contribution is 6.05. The van der Waals surface area contributed by atoms with E-state index in [9.17, 15) is 9.59 Å². The number of anilines is 2. The highest BCUT2D eigenvalue weighted by atomic mass is 16.5. The number of hydrogen-bond acceptors (Lipinski definition) is 10. The third-order valence-corrected chi connectivity index (χ3v) is 9.33. The van der Waals surface area contributed by atoms with Gasteiger partial charge < -0.3 is 29.6 Å². The number of carbonyl (C=O) groups is 2. The Morgan fingerprint density at radius 2 is 1.19 bits per heavy atom. The van der Waals surface area contributed by atoms with Crippen molar-refractivity contribution in [2.75, 3.05) is 51.3 Å². The number of nitrogens with zero attached hydrogens (tertiary/aromatic N) is 4. The number of hydrogen-bond donors (Lipinski definition) is 2. The second kappa shape index (κ2) is 17.2. The lowest BCUT2D eigenvalue weighted by atomic mass is 9.94. The molecule has 4 aromatic rings. The summed E-state index contributed by atoms with van der Waals surface area (Å²) in [6, 6.07) is 14.7. The normalized spacial score (nSPS) is 17.2. The number of benzene rings is 2. The molecule has 12 nitrogen and oxygen atoms in total. The highest BCUT2D eigenvalue weighted by Gasteiger charge is 2.19. The maximum absolute atomic E-state index is 13.4. The van der Waals surface area contributed by atoms with E-state index in [2.05, 4.69) is 30.6 Å². The molecule has 0 radical (unpaired) electrons. The van der Waals surface area contributed by atoms with Crippen molar-refractivity contribution < 1.29 is 28.5 Å². The van der Waals surface area contributed by atoms with Gasteiger partial charge in [-0.05, 0) is 61.1 Å². The van der Waals surface area contributed by atoms with Crippen LogP contribution < -0.4 is 20.1 Å². The minimum absolute atomic E-state index is 0.227. The molecule has 2 aromatic heterocycles. The van der Waals surface area contributed by atoms with Crippen LogP contribution in [-0.4, -0.2) is 74.9 Å². The Hall–Kier alpha value is -5.46. The van der Waals surface area contributed by atoms with Crippen molar-refractivity contribution in [1.29, 1.82) is 0 Å². The Kier molecular flexibility index (Phi) is 12.0. The van der Waals surface area contributed by atoms with E-state index >= 15 is 0 Å². The summed E-state index contributed by atoms with van der Waals surface area (Å²) in [6.07, 6.45) is 9.05. The van der Waals surface area contributed by atoms with Crippen molar-refractivity contribution in [2.45, 2.75) is 39.8 Å². The number of nitrogens with one attached hydrogen (secondary N) is 2. The Balaban J connectivity index is 1.14. The van der Waals surface area contributed by atoms with Gasteiger partial charge in [0, 0.05) is 84.5 Å². The van der Waals surface area contributed by atoms with Crippen LogP contribution in [0, 0.1) is 25.7 Å². The number of ether oxygens (including phenoxy) is 4. The zero-order chi connectivity index (χ0) is 36.5. The summed E-state index contributed by atoms with van der Waals surface area (Å²) in [5, 5.41) is 6.03. The minimum atomic E-state index is -0.362. The third-order valence-electron chi connectivity index (χ3n) is 9.33. The van der Waals surface area contributed by atoms with Gasteiger partial charge in [0.15, 0.2) is 0 Å². The van der Waals surface area contributed by atoms with E-state index in [1.807, 2.05) is 62.7 Å². The Morgan fingerprint density at radius 1 is 0.750 bits per heavy atom. The molecule has 0 bridgehead atoms. The van der Waals surface area contributed by atoms with E-state index in [4.69, 9.17) is 18.9 Å². The first kappa shape index (κ1) is 36.3. The van der Waals surface area contributed by atoms with Gasteiger partial charge >= 0.3 is 0 Å². The van der Waals surface area contributed by atoms with Gasteiger partial charge in [0.1, 0.15) is 22.9 Å². The van der Waals surface area contributed by atoms with Crippen LogP contribution in [0.4, 0.5) is 11.4 Å². The van der Waals surface area contributed by atoms with Crippen LogP contribution in [-0.2, 0) is 22.6 Å². The van der Waals surface area contributed by atoms with Gasteiger partial charge in [-0.15, -0.1) is 0 Å². The molecule has 2 fully saturated rings. The molecule has 2 aliphatic heterocycles. The zero-order valence-electron chi connectivity index (χ0n) is 30.0. The summed E-state index contributed by atoms with van der Waals surface area (Å²) >= 11 is 0. The first-order chi connectivity index (χ1) is 25.3. The molecule has 2 aromatic carbocycles. The summed E-state index contributed by atoms with van der Waals surface area (Å²) in [5.74, 6) is 1.02. The first-order valence-electron chi connectivity index (χ1n) is 17.4. The van der Waals surface area contributed by atoms with Crippen molar-refractivity contribution in [1.82, 2.24) is 9.97 Å². The fraction of sp³-hybridized carbons (Fsp3) is 0.350. The van der Waals surface area contributed by atoms with Crippen molar-refractivity contribution >= 4 is 35.6 Å². The fourth-order valence-corrected chi connectivity index (χ4v) is 6.24. The largest absolute Gasteiger partial charge is 0.496 e. The van der Waals surface area contributed by atoms with E-state index in [-0.39, 0.29) is 23.2 Å². The second-order valence-electron chi connectivity index (χ2n) is 12.9. The van der Waals surface area contributed by atoms with Gasteiger partial charge in [-0.3, -0.25) is 29.5 Å². The monoisotopic (exact) mass is 704 g/mol. The minimum Gasteiger partial charge on any atom is -0.496 e. The maximum atomic E-state index is 13.4. The Morgan fingerprint density at radius 3 is 1.58 bits per heavy atom. The molecular formula is C40H44N6O6. The Labute approximate surface area is 303 Å². The summed E-state index contributed by atoms with van der Waals surface area (Å²) in [4.78, 5) is 44.7. The average molecular weight is 705 g/mol. The molecule has 12 heteroatoms. The number of pyridine rings is 2. The van der Waals surface area contributed by atoms with Crippen LogP contribution in [0.25, 0.3) is 11.1 Å². The van der Waals surface area contributed by atoms with Crippen molar-refractivity contribution in [3.8, 4) is 22.6 Å². The molecule has 4 heterocycles. The number of carbonyl (C=O) groups excluding carboxylic acids is 2. The molecule has 2 atom stereocenters. The van der Waals surface area contributed by atoms with E-state index in [1.54, 1.807) is 38.7 Å². The summed E-state index contributed by atoms with van der Waals surface area (Å²) in [6.45, 7) is 7.60. The number of methoxy groups -OCH3 is 2. The van der Waals surface area contributed by atoms with Crippen molar-refractivity contribution in [3.05, 3.63) is 94.6 Å². The summed E-state index contributed by atoms with van der Waals surface area (Å²) in [7, 11) is 3.13. The van der Waals surface area contributed by atoms with Crippen LogP contribution >= 0.6 is 0 Å². The van der Waals surface area contributed by atoms with Gasteiger partial charge in [-0.2, -0.15) is 0 Å². The summed E-state index contributed by atoms with van der Waals surface area (Å²) in [5.41, 5.74) is 6.86. The predicted molar refractivity (Wildman–Crippen MR) is 201 cm³/mol. The van der Waals surface area contributed by atoms with Crippen LogP contribution in [0.1, 0.15) is 56.1 Å². The molecule has 52 heavy (non-hydrogen) atoms. The number of aromatic nitrogens is 2. The van der Waals surface area contributed by atoms with Crippen LogP contribution in [0.15, 0.2) is 70.9 Å². The molecule has 2 N–H and O–H groups in total. The number of amides is 2. The van der Waals surface area contributed by atoms with Gasteiger partial charge in [0.2, 0.25) is 0 Å². The molecule has 0 aliphatic carbocycles. The van der Waals surface area contributed by atoms with Gasteiger partial charge in [-0.1, -0.05) is 24.3 Å². The average Bonchev–Trinajstić information content (AvgIpc) is 3.89. The molecule has 6 rings (SSSR count). The maximum Gasteiger partial charge on any atom is 0.274 e. The van der Waals surface area contributed by atoms with Crippen LogP contribution in [0.5, 0.6) is 11.5 Å². The third kappa shape index (κ3) is 8.70. The predicted octanol–water partition coefficient (Wildman–Crippen LogP) is 6.50. The van der Waals surface area contributed by atoms with E-state index in [0.717, 1.165) is 59.4 Å². The fourth-order valence-electron chi connectivity index (χ4n) is 6.24. The molecule has 2 saturated heterocycles. The van der Waals surface area contributed by atoms with Crippen LogP contribution in [0.3, 0.4) is 0 Å². The summed E-state index contributed by atoms with van der Waals surface area (Å²) < 4.78 is 22.0. The quantitative estimate of drug-likeness (QED) is 0.150. The van der Waals surface area contributed by atoms with Gasteiger partial charge in [0.05, 0.1) is 40.5 Å². The molecule has 2 amide bonds. The highest BCUT2D eigenvalue weighted by Crippen LogP contribution is 2.34. The number of aliphatic imine (C=N–C) groups is 2. The molecule has 0 saturated carbocycles. The molecule has 270 valence electrons. The lowest BCUT2D eigenvalue weighted by molar-refractivity contribution is 0.101. The molecular weight excluding hydrogens is 660 g/mol. The lowest BCUT2D eigenvalue weighted by Crippen LogP contribution is -2.16. The second-order valence-corrected chi connectivity index (χ2v) is 12.9. The van der Waals surface area contributed by atoms with Gasteiger partial charge in [-0.25, -0.2) is 0 Å². The topological polar surface area (TPSA) is 146 Å². The van der Waals surface area contributed by atoms with E-state index in [1.165, 1.54) is 0 Å². The zero-order valence-corrected chi connectivity index (χ0v) is 30.0. The van der Waals surface area contributed by atoms with Crippen LogP contribution in [0.2, 0.25) is 0 Å². The van der Waals surface area contributed by atoms with E-state index < -0.39 is 0 Å². The van der Waals surface area contributed by atoms with Crippen molar-refractivity contribution in [3.63, 3.8) is 0 Å². The molecule has 2 aliphatic rings. The van der Waals surface area contributed by atoms with Gasteiger partial charge in [0.25, 0.3) is 11.8 Å². The van der Waals surface area contributed by atoms with Crippen molar-refractivity contribution in [2.24, 2.45) is 21.8 Å². The first-order valence-corrected chi connectivity index (χ1v) is 17.4. The molecule has 0 spiro atoms. The SMILES string of the molecule is COc1cc(C(=O)Nc2cccc(-c3cccc(NC(=O)c4cc(OC)c(CN=CC5CCOC5)cn4)c3C)c2C)ncc1CN=CC1CCOC1. The standard InChI is InChI=1S/C40H44N6O6/c1-25-31(7-5-9-33(25)45-39(47)35-15-37(49-3)29(21-43-35)19-41-17-27-11-13-51-23-27)32-8-6-10-34(26(32)2)46-40(48)36-16-38(50-4)30(22-44-36)20-42-18-28-12-14-52-24-28/h5-10,15-18,21-22,27-28H,11-14,19-20,23-24H2,1-4H3,(H,45,47)(H,46,48). The smallest absolute Gasteiger partial charge is 0.274 e. The Bertz CT molecular complexity index is 1830.